The molecular formula is C14H22N4O. The van der Waals surface area contributed by atoms with Crippen LogP contribution >= 0.6 is 0 Å². The number of aromatic nitrogens is 1. The molecule has 1 aromatic heterocycles. The molecular weight excluding hydrogens is 240 g/mol. The molecule has 0 saturated carbocycles. The van der Waals surface area contributed by atoms with Gasteiger partial charge in [-0.25, -0.2) is 4.98 Å². The van der Waals surface area contributed by atoms with Gasteiger partial charge >= 0.3 is 0 Å². The van der Waals surface area contributed by atoms with Gasteiger partial charge in [0.1, 0.15) is 5.82 Å². The molecule has 0 aromatic carbocycles. The predicted molar refractivity (Wildman–Crippen MR) is 76.3 cm³/mol. The van der Waals surface area contributed by atoms with E-state index in [1.165, 1.54) is 0 Å². The summed E-state index contributed by atoms with van der Waals surface area (Å²) in [5.74, 6) is 0.446. The highest BCUT2D eigenvalue weighted by atomic mass is 16.1. The maximum Gasteiger partial charge on any atom is 0.248 e. The Morgan fingerprint density at radius 3 is 2.95 bits per heavy atom. The van der Waals surface area contributed by atoms with Gasteiger partial charge in [-0.05, 0) is 25.0 Å². The zero-order chi connectivity index (χ0) is 13.8. The fraction of sp³-hybridized carbons (Fsp3) is 0.571. The smallest absolute Gasteiger partial charge is 0.248 e. The minimum absolute atomic E-state index is 0.404. The van der Waals surface area contributed by atoms with Gasteiger partial charge in [0.05, 0.1) is 0 Å². The van der Waals surface area contributed by atoms with Crippen molar-refractivity contribution in [2.45, 2.75) is 38.8 Å². The summed E-state index contributed by atoms with van der Waals surface area (Å²) in [6.07, 6.45) is 3.79. The summed E-state index contributed by atoms with van der Waals surface area (Å²) in [6, 6.07) is 4.34. The number of primary amides is 1. The highest BCUT2D eigenvalue weighted by Gasteiger charge is 2.27. The number of nitrogens with zero attached hydrogens (tertiary/aromatic N) is 2. The van der Waals surface area contributed by atoms with E-state index in [9.17, 15) is 4.79 Å². The Hall–Kier alpha value is -1.62. The topological polar surface area (TPSA) is 71.2 Å². The van der Waals surface area contributed by atoms with E-state index in [2.05, 4.69) is 29.0 Å². The number of pyridine rings is 1. The van der Waals surface area contributed by atoms with E-state index in [4.69, 9.17) is 5.73 Å². The van der Waals surface area contributed by atoms with Gasteiger partial charge in [0, 0.05) is 36.9 Å². The normalized spacial score (nSPS) is 23.4. The summed E-state index contributed by atoms with van der Waals surface area (Å²) in [5, 5.41) is 3.55. The molecule has 19 heavy (non-hydrogen) atoms. The van der Waals surface area contributed by atoms with Crippen molar-refractivity contribution >= 4 is 11.7 Å². The zero-order valence-corrected chi connectivity index (χ0v) is 11.6. The Bertz CT molecular complexity index is 449. The van der Waals surface area contributed by atoms with Crippen LogP contribution in [-0.2, 0) is 0 Å². The van der Waals surface area contributed by atoms with Crippen molar-refractivity contribution in [2.75, 3.05) is 18.0 Å². The van der Waals surface area contributed by atoms with Crippen LogP contribution in [-0.4, -0.2) is 36.1 Å². The molecule has 1 aliphatic rings. The number of carbonyl (C=O) groups is 1. The zero-order valence-electron chi connectivity index (χ0n) is 11.6. The molecule has 2 heterocycles. The van der Waals surface area contributed by atoms with Crippen molar-refractivity contribution in [2.24, 2.45) is 5.73 Å². The number of hydrogen-bond donors (Lipinski definition) is 2. The third-order valence-corrected chi connectivity index (χ3v) is 3.79. The SMILES string of the molecule is CCC1CN(c2cc(C(N)=O)ccn2)C(CC)CN1. The molecule has 2 rings (SSSR count). The fourth-order valence-corrected chi connectivity index (χ4v) is 2.51. The third kappa shape index (κ3) is 3.04. The van der Waals surface area contributed by atoms with Gasteiger partial charge in [-0.3, -0.25) is 4.79 Å². The van der Waals surface area contributed by atoms with Crippen LogP contribution in [0.2, 0.25) is 0 Å². The van der Waals surface area contributed by atoms with Crippen LogP contribution in [0.5, 0.6) is 0 Å². The van der Waals surface area contributed by atoms with Gasteiger partial charge in [-0.1, -0.05) is 13.8 Å². The van der Waals surface area contributed by atoms with Crippen molar-refractivity contribution in [3.05, 3.63) is 23.9 Å². The van der Waals surface area contributed by atoms with E-state index >= 15 is 0 Å². The van der Waals surface area contributed by atoms with Crippen molar-refractivity contribution in [1.82, 2.24) is 10.3 Å². The molecule has 2 atom stereocenters. The molecule has 1 aliphatic heterocycles. The molecule has 1 amide bonds. The second-order valence-corrected chi connectivity index (χ2v) is 4.99. The summed E-state index contributed by atoms with van der Waals surface area (Å²) in [4.78, 5) is 18.0. The minimum atomic E-state index is -0.404. The van der Waals surface area contributed by atoms with Gasteiger partial charge in [0.15, 0.2) is 0 Å². The molecule has 1 fully saturated rings. The standard InChI is InChI=1S/C14H22N4O/c1-3-11-9-18(12(4-2)8-17-11)13-7-10(14(15)19)5-6-16-13/h5-7,11-12,17H,3-4,8-9H2,1-2H3,(H2,15,19). The predicted octanol–water partition coefficient (Wildman–Crippen LogP) is 1.15. The van der Waals surface area contributed by atoms with Crippen molar-refractivity contribution < 1.29 is 4.79 Å². The Kier molecular flexibility index (Phi) is 4.37. The van der Waals surface area contributed by atoms with E-state index in [0.29, 0.717) is 17.6 Å². The summed E-state index contributed by atoms with van der Waals surface area (Å²) in [7, 11) is 0. The summed E-state index contributed by atoms with van der Waals surface area (Å²) in [6.45, 7) is 6.22. The molecule has 0 bridgehead atoms. The Morgan fingerprint density at radius 1 is 1.53 bits per heavy atom. The molecule has 2 unspecified atom stereocenters. The summed E-state index contributed by atoms with van der Waals surface area (Å²) < 4.78 is 0. The number of anilines is 1. The lowest BCUT2D eigenvalue weighted by Gasteiger charge is -2.40. The number of piperazine rings is 1. The van der Waals surface area contributed by atoms with Gasteiger partial charge in [-0.2, -0.15) is 0 Å². The molecule has 104 valence electrons. The monoisotopic (exact) mass is 262 g/mol. The van der Waals surface area contributed by atoms with Crippen molar-refractivity contribution in [3.8, 4) is 0 Å². The van der Waals surface area contributed by atoms with Crippen LogP contribution in [0.15, 0.2) is 18.3 Å². The van der Waals surface area contributed by atoms with E-state index in [1.54, 1.807) is 18.3 Å². The van der Waals surface area contributed by atoms with E-state index in [1.807, 2.05) is 0 Å². The molecule has 0 radical (unpaired) electrons. The molecule has 5 nitrogen and oxygen atoms in total. The third-order valence-electron chi connectivity index (χ3n) is 3.79. The highest BCUT2D eigenvalue weighted by molar-refractivity contribution is 5.93. The van der Waals surface area contributed by atoms with Gasteiger partial charge in [0.25, 0.3) is 0 Å². The van der Waals surface area contributed by atoms with E-state index in [0.717, 1.165) is 31.7 Å². The Balaban J connectivity index is 2.25. The van der Waals surface area contributed by atoms with E-state index < -0.39 is 5.91 Å². The number of nitrogens with two attached hydrogens (primary N) is 1. The highest BCUT2D eigenvalue weighted by Crippen LogP contribution is 2.20. The van der Waals surface area contributed by atoms with Crippen molar-refractivity contribution in [1.29, 1.82) is 0 Å². The van der Waals surface area contributed by atoms with Crippen LogP contribution in [0.1, 0.15) is 37.0 Å². The largest absolute Gasteiger partial charge is 0.366 e. The lowest BCUT2D eigenvalue weighted by Crippen LogP contribution is -2.56. The molecule has 0 aliphatic carbocycles. The first-order valence-electron chi connectivity index (χ1n) is 6.91. The molecule has 1 aromatic rings. The average molecular weight is 262 g/mol. The first kappa shape index (κ1) is 13.8. The fourth-order valence-electron chi connectivity index (χ4n) is 2.51. The lowest BCUT2D eigenvalue weighted by atomic mass is 10.0. The summed E-state index contributed by atoms with van der Waals surface area (Å²) in [5.41, 5.74) is 5.86. The van der Waals surface area contributed by atoms with Gasteiger partial charge in [-0.15, -0.1) is 0 Å². The Morgan fingerprint density at radius 2 is 2.32 bits per heavy atom. The summed E-state index contributed by atoms with van der Waals surface area (Å²) >= 11 is 0. The lowest BCUT2D eigenvalue weighted by molar-refractivity contribution is 0.1000. The second kappa shape index (κ2) is 6.02. The minimum Gasteiger partial charge on any atom is -0.366 e. The van der Waals surface area contributed by atoms with Crippen molar-refractivity contribution in [3.63, 3.8) is 0 Å². The second-order valence-electron chi connectivity index (χ2n) is 4.99. The molecule has 5 heteroatoms. The molecule has 3 N–H and O–H groups in total. The molecule has 0 spiro atoms. The van der Waals surface area contributed by atoms with Crippen LogP contribution in [0, 0.1) is 0 Å². The van der Waals surface area contributed by atoms with Crippen LogP contribution in [0.25, 0.3) is 0 Å². The van der Waals surface area contributed by atoms with Crippen LogP contribution < -0.4 is 16.0 Å². The number of amides is 1. The van der Waals surface area contributed by atoms with Gasteiger partial charge < -0.3 is 16.0 Å². The van der Waals surface area contributed by atoms with Crippen LogP contribution in [0.4, 0.5) is 5.82 Å². The first-order valence-corrected chi connectivity index (χ1v) is 6.91. The van der Waals surface area contributed by atoms with Gasteiger partial charge in [0.2, 0.25) is 5.91 Å². The number of rotatable bonds is 4. The average Bonchev–Trinajstić information content (AvgIpc) is 2.46. The van der Waals surface area contributed by atoms with E-state index in [-0.39, 0.29) is 0 Å². The number of carbonyl (C=O) groups excluding carboxylic acids is 1. The molecule has 1 saturated heterocycles. The Labute approximate surface area is 114 Å². The maximum atomic E-state index is 11.3. The maximum absolute atomic E-state index is 11.3. The van der Waals surface area contributed by atoms with Crippen LogP contribution in [0.3, 0.4) is 0 Å². The first-order chi connectivity index (χ1) is 9.15. The number of nitrogens with one attached hydrogen (secondary N) is 1. The quantitative estimate of drug-likeness (QED) is 0.854. The number of hydrogen-bond acceptors (Lipinski definition) is 4.